The lowest BCUT2D eigenvalue weighted by atomic mass is 9.90. The lowest BCUT2D eigenvalue weighted by Crippen LogP contribution is -2.59. The second kappa shape index (κ2) is 14.6. The van der Waals surface area contributed by atoms with Gasteiger partial charge in [-0.05, 0) is 18.6 Å². The van der Waals surface area contributed by atoms with E-state index in [-0.39, 0.29) is 13.0 Å². The van der Waals surface area contributed by atoms with Crippen molar-refractivity contribution in [1.82, 2.24) is 10.3 Å². The molecule has 1 amide bonds. The summed E-state index contributed by atoms with van der Waals surface area (Å²) in [6, 6.07) is 6.00. The number of esters is 5. The van der Waals surface area contributed by atoms with Gasteiger partial charge in [-0.1, -0.05) is 18.2 Å². The van der Waals surface area contributed by atoms with Crippen LogP contribution in [0.5, 0.6) is 0 Å². The third-order valence-electron chi connectivity index (χ3n) is 6.48. The van der Waals surface area contributed by atoms with E-state index in [4.69, 9.17) is 28.4 Å². The number of aromatic amines is 1. The molecule has 2 heterocycles. The van der Waals surface area contributed by atoms with Crippen LogP contribution in [0, 0.1) is 0 Å². The highest BCUT2D eigenvalue weighted by atomic mass is 16.7. The van der Waals surface area contributed by atoms with Crippen LogP contribution in [-0.4, -0.2) is 84.4 Å². The Labute approximate surface area is 247 Å². The maximum atomic E-state index is 12.9. The average Bonchev–Trinajstić information content (AvgIpc) is 3.26. The number of carbonyl (C=O) groups is 6. The van der Waals surface area contributed by atoms with Crippen LogP contribution in [0.1, 0.15) is 58.9 Å². The van der Waals surface area contributed by atoms with Crippen molar-refractivity contribution in [3.63, 3.8) is 0 Å². The van der Waals surface area contributed by atoms with E-state index in [0.717, 1.165) is 20.8 Å². The number of rotatable bonds is 11. The summed E-state index contributed by atoms with van der Waals surface area (Å²) in [6.07, 6.45) is -6.55. The molecule has 234 valence electrons. The first kappa shape index (κ1) is 33.0. The predicted molar refractivity (Wildman–Crippen MR) is 147 cm³/mol. The topological polar surface area (TPSA) is 186 Å². The van der Waals surface area contributed by atoms with Crippen LogP contribution < -0.4 is 5.32 Å². The zero-order valence-corrected chi connectivity index (χ0v) is 24.8. The third-order valence-corrected chi connectivity index (χ3v) is 6.48. The van der Waals surface area contributed by atoms with E-state index in [1.165, 1.54) is 13.8 Å². The molecule has 14 nitrogen and oxygen atoms in total. The number of fused-ring (bicyclic) bond motifs is 1. The van der Waals surface area contributed by atoms with Crippen LogP contribution in [0.3, 0.4) is 0 Å². The van der Waals surface area contributed by atoms with Crippen molar-refractivity contribution in [2.45, 2.75) is 84.5 Å². The number of hydrogen-bond acceptors (Lipinski definition) is 12. The second-order valence-corrected chi connectivity index (χ2v) is 9.89. The highest BCUT2D eigenvalue weighted by molar-refractivity contribution is 5.88. The summed E-state index contributed by atoms with van der Waals surface area (Å²) < 4.78 is 33.4. The van der Waals surface area contributed by atoms with Crippen LogP contribution in [0.2, 0.25) is 0 Å². The molecule has 3 rings (SSSR count). The molecule has 0 saturated carbocycles. The molecule has 1 aromatic carbocycles. The second-order valence-electron chi connectivity index (χ2n) is 9.89. The van der Waals surface area contributed by atoms with Gasteiger partial charge in [0.05, 0.1) is 12.3 Å². The van der Waals surface area contributed by atoms with E-state index in [1.807, 2.05) is 0 Å². The molecule has 2 aromatic rings. The maximum Gasteiger partial charge on any atom is 0.328 e. The molecule has 1 aliphatic rings. The molecule has 43 heavy (non-hydrogen) atoms. The van der Waals surface area contributed by atoms with Crippen molar-refractivity contribution in [1.29, 1.82) is 0 Å². The number of ether oxygens (including phenoxy) is 6. The number of carbonyl (C=O) groups excluding carboxylic acids is 6. The normalized spacial score (nSPS) is 22.1. The van der Waals surface area contributed by atoms with E-state index >= 15 is 0 Å². The largest absolute Gasteiger partial charge is 0.464 e. The van der Waals surface area contributed by atoms with Crippen LogP contribution in [0.4, 0.5) is 0 Å². The highest BCUT2D eigenvalue weighted by Crippen LogP contribution is 2.40. The molecule has 1 saturated heterocycles. The van der Waals surface area contributed by atoms with Gasteiger partial charge in [0.2, 0.25) is 5.91 Å². The summed E-state index contributed by atoms with van der Waals surface area (Å²) in [5.41, 5.74) is 1.44. The van der Waals surface area contributed by atoms with E-state index in [2.05, 4.69) is 10.3 Å². The SMILES string of the molecule is CCOC(=O)[C@H](Cc1c([C@H]2O[C@H](COC(C)=O)[C@@H](OC(C)=O)[C@H](OC(C)=O)[C@@H]2OC(C)=O)[nH]c2ccccc12)NC(C)=O. The van der Waals surface area contributed by atoms with Crippen LogP contribution in [0.25, 0.3) is 10.9 Å². The third kappa shape index (κ3) is 8.53. The quantitative estimate of drug-likeness (QED) is 0.279. The van der Waals surface area contributed by atoms with Gasteiger partial charge in [0.1, 0.15) is 24.9 Å². The molecule has 2 N–H and O–H groups in total. The number of aromatic nitrogens is 1. The number of para-hydroxylation sites is 1. The molecular weight excluding hydrogens is 568 g/mol. The first-order valence-corrected chi connectivity index (χ1v) is 13.7. The Morgan fingerprint density at radius 1 is 0.837 bits per heavy atom. The fourth-order valence-corrected chi connectivity index (χ4v) is 5.03. The first-order valence-electron chi connectivity index (χ1n) is 13.7. The van der Waals surface area contributed by atoms with Crippen LogP contribution >= 0.6 is 0 Å². The Kier molecular flexibility index (Phi) is 11.2. The van der Waals surface area contributed by atoms with Gasteiger partial charge < -0.3 is 38.7 Å². The first-order chi connectivity index (χ1) is 20.3. The van der Waals surface area contributed by atoms with Crippen LogP contribution in [-0.2, 0) is 63.6 Å². The van der Waals surface area contributed by atoms with E-state index in [0.29, 0.717) is 22.2 Å². The fraction of sp³-hybridized carbons (Fsp3) is 0.517. The number of nitrogens with one attached hydrogen (secondary N) is 2. The average molecular weight is 605 g/mol. The Morgan fingerprint density at radius 3 is 2.02 bits per heavy atom. The summed E-state index contributed by atoms with van der Waals surface area (Å²) in [5.74, 6) is -4.06. The van der Waals surface area contributed by atoms with Gasteiger partial charge in [0.15, 0.2) is 18.3 Å². The molecule has 0 aliphatic carbocycles. The number of hydrogen-bond donors (Lipinski definition) is 2. The summed E-state index contributed by atoms with van der Waals surface area (Å²) in [5, 5.41) is 3.27. The molecule has 1 aromatic heterocycles. The van der Waals surface area contributed by atoms with Gasteiger partial charge in [-0.3, -0.25) is 24.0 Å². The Hall–Kier alpha value is -4.46. The van der Waals surface area contributed by atoms with Crippen molar-refractivity contribution in [2.24, 2.45) is 0 Å². The smallest absolute Gasteiger partial charge is 0.328 e. The lowest BCUT2D eigenvalue weighted by molar-refractivity contribution is -0.255. The Morgan fingerprint density at radius 2 is 1.44 bits per heavy atom. The molecule has 0 bridgehead atoms. The zero-order chi connectivity index (χ0) is 31.8. The van der Waals surface area contributed by atoms with Gasteiger partial charge in [-0.2, -0.15) is 0 Å². The lowest BCUT2D eigenvalue weighted by Gasteiger charge is -2.44. The summed E-state index contributed by atoms with van der Waals surface area (Å²) >= 11 is 0. The molecule has 1 aliphatic heterocycles. The summed E-state index contributed by atoms with van der Waals surface area (Å²) in [7, 11) is 0. The molecule has 14 heteroatoms. The Balaban J connectivity index is 2.23. The molecular formula is C29H36N2O12. The number of amides is 1. The molecule has 0 spiro atoms. The van der Waals surface area contributed by atoms with E-state index in [1.54, 1.807) is 31.2 Å². The van der Waals surface area contributed by atoms with Gasteiger partial charge in [-0.15, -0.1) is 0 Å². The number of benzene rings is 1. The highest BCUT2D eigenvalue weighted by Gasteiger charge is 2.53. The zero-order valence-electron chi connectivity index (χ0n) is 24.8. The summed E-state index contributed by atoms with van der Waals surface area (Å²) in [4.78, 5) is 76.5. The van der Waals surface area contributed by atoms with Crippen molar-refractivity contribution in [2.75, 3.05) is 13.2 Å². The van der Waals surface area contributed by atoms with Crippen molar-refractivity contribution >= 4 is 46.7 Å². The standard InChI is InChI=1S/C29H36N2O12/c1-7-38-29(37)22(30-14(2)32)12-20-19-10-8-9-11-21(19)31-24(20)26-28(42-18(6)36)27(41-17(5)35)25(40-16(4)34)23(43-26)13-39-15(3)33/h8-11,22-23,25-28,31H,7,12-13H2,1-6H3,(H,30,32)/t22-,23+,25+,26+,27-,28+/m0/s1. The van der Waals surface area contributed by atoms with E-state index in [9.17, 15) is 28.8 Å². The summed E-state index contributed by atoms with van der Waals surface area (Å²) in [6.45, 7) is 7.17. The van der Waals surface area contributed by atoms with Crippen molar-refractivity contribution in [3.8, 4) is 0 Å². The Bertz CT molecular complexity index is 1370. The van der Waals surface area contributed by atoms with Gasteiger partial charge in [0, 0.05) is 51.9 Å². The molecule has 6 atom stereocenters. The van der Waals surface area contributed by atoms with Gasteiger partial charge in [0.25, 0.3) is 0 Å². The minimum atomic E-state index is -1.39. The van der Waals surface area contributed by atoms with Gasteiger partial charge in [-0.25, -0.2) is 4.79 Å². The number of H-pyrrole nitrogens is 1. The fourth-order valence-electron chi connectivity index (χ4n) is 5.03. The predicted octanol–water partition coefficient (Wildman–Crippen LogP) is 1.58. The molecule has 0 radical (unpaired) electrons. The molecule has 1 fully saturated rings. The molecule has 0 unspecified atom stereocenters. The van der Waals surface area contributed by atoms with Crippen molar-refractivity contribution < 1.29 is 57.2 Å². The van der Waals surface area contributed by atoms with E-state index < -0.39 is 78.9 Å². The van der Waals surface area contributed by atoms with Crippen molar-refractivity contribution in [3.05, 3.63) is 35.5 Å². The minimum absolute atomic E-state index is 0.0649. The monoisotopic (exact) mass is 604 g/mol. The minimum Gasteiger partial charge on any atom is -0.464 e. The van der Waals surface area contributed by atoms with Gasteiger partial charge >= 0.3 is 29.8 Å². The van der Waals surface area contributed by atoms with Crippen LogP contribution in [0.15, 0.2) is 24.3 Å². The maximum absolute atomic E-state index is 12.9.